The van der Waals surface area contributed by atoms with E-state index in [2.05, 4.69) is 13.8 Å². The molecule has 246 valence electrons. The highest BCUT2D eigenvalue weighted by Crippen LogP contribution is 2.16. The first-order valence-electron chi connectivity index (χ1n) is 19.2. The van der Waals surface area contributed by atoms with Crippen LogP contribution in [0.25, 0.3) is 0 Å². The molecule has 1 atom stereocenters. The van der Waals surface area contributed by atoms with E-state index >= 15 is 0 Å². The van der Waals surface area contributed by atoms with Gasteiger partial charge in [0.15, 0.2) is 6.23 Å². The molecule has 0 saturated heterocycles. The van der Waals surface area contributed by atoms with E-state index in [1.54, 1.807) is 0 Å². The number of esters is 1. The fourth-order valence-corrected chi connectivity index (χ4v) is 6.00. The van der Waals surface area contributed by atoms with Crippen LogP contribution in [0.4, 0.5) is 0 Å². The highest BCUT2D eigenvalue weighted by Gasteiger charge is 2.09. The lowest BCUT2D eigenvalue weighted by atomic mass is 10.0. The first kappa shape index (κ1) is 40.4. The maximum absolute atomic E-state index is 12.1. The summed E-state index contributed by atoms with van der Waals surface area (Å²) in [6.45, 7) is 4.58. The molecule has 0 aromatic heterocycles. The van der Waals surface area contributed by atoms with Gasteiger partial charge in [-0.15, -0.1) is 0 Å². The molecule has 0 aromatic rings. The Balaban J connectivity index is 3.26. The largest absolute Gasteiger partial charge is 0.447 e. The van der Waals surface area contributed by atoms with Crippen molar-refractivity contribution in [2.45, 2.75) is 238 Å². The lowest BCUT2D eigenvalue weighted by molar-refractivity contribution is -0.149. The van der Waals surface area contributed by atoms with Crippen LogP contribution in [0.2, 0.25) is 0 Å². The summed E-state index contributed by atoms with van der Waals surface area (Å²) in [5.74, 6) is -0.0978. The van der Waals surface area contributed by atoms with Gasteiger partial charge in [0, 0.05) is 6.42 Å². The molecule has 0 aliphatic heterocycles. The summed E-state index contributed by atoms with van der Waals surface area (Å²) in [7, 11) is 0. The average Bonchev–Trinajstić information content (AvgIpc) is 2.96. The van der Waals surface area contributed by atoms with Gasteiger partial charge in [-0.2, -0.15) is 0 Å². The highest BCUT2D eigenvalue weighted by atomic mass is 16.6. The van der Waals surface area contributed by atoms with Crippen molar-refractivity contribution in [3.05, 3.63) is 0 Å². The van der Waals surface area contributed by atoms with E-state index in [1.807, 2.05) is 0 Å². The van der Waals surface area contributed by atoms with Gasteiger partial charge < -0.3 is 4.74 Å². The molecule has 0 aliphatic carbocycles. The van der Waals surface area contributed by atoms with Gasteiger partial charge in [-0.05, 0) is 19.3 Å². The van der Waals surface area contributed by atoms with Crippen molar-refractivity contribution in [2.75, 3.05) is 0 Å². The van der Waals surface area contributed by atoms with Crippen LogP contribution in [-0.4, -0.2) is 12.2 Å². The molecule has 0 bridgehead atoms. The van der Waals surface area contributed by atoms with Gasteiger partial charge in [-0.1, -0.05) is 206 Å². The van der Waals surface area contributed by atoms with E-state index in [0.717, 1.165) is 25.7 Å². The first-order valence-corrected chi connectivity index (χ1v) is 19.2. The number of unbranched alkanes of at least 4 members (excludes halogenated alkanes) is 30. The van der Waals surface area contributed by atoms with Crippen LogP contribution in [-0.2, 0) is 9.53 Å². The lowest BCUT2D eigenvalue weighted by Crippen LogP contribution is -2.26. The zero-order valence-electron chi connectivity index (χ0n) is 28.5. The van der Waals surface area contributed by atoms with Gasteiger partial charge in [0.1, 0.15) is 0 Å². The Morgan fingerprint density at radius 3 is 0.951 bits per heavy atom. The summed E-state index contributed by atoms with van der Waals surface area (Å²) in [4.78, 5) is 12.1. The Morgan fingerprint density at radius 1 is 0.415 bits per heavy atom. The molecular weight excluding hydrogens is 502 g/mol. The van der Waals surface area contributed by atoms with E-state index in [-0.39, 0.29) is 5.97 Å². The SMILES string of the molecule is CCCCCCCCCCCCCCCCCCCC(=O)OC(N)CCCCCCCCCCCCCCCCC. The van der Waals surface area contributed by atoms with Crippen LogP contribution in [0.15, 0.2) is 0 Å². The van der Waals surface area contributed by atoms with Gasteiger partial charge in [-0.3, -0.25) is 10.5 Å². The molecule has 0 aliphatic rings. The van der Waals surface area contributed by atoms with E-state index in [4.69, 9.17) is 10.5 Å². The quantitative estimate of drug-likeness (QED) is 0.0461. The summed E-state index contributed by atoms with van der Waals surface area (Å²) < 4.78 is 5.44. The molecule has 0 aromatic carbocycles. The molecule has 0 amide bonds. The van der Waals surface area contributed by atoms with Crippen LogP contribution in [0.3, 0.4) is 0 Å². The number of carbonyl (C=O) groups excluding carboxylic acids is 1. The van der Waals surface area contributed by atoms with Gasteiger partial charge in [0.25, 0.3) is 0 Å². The van der Waals surface area contributed by atoms with Gasteiger partial charge in [0.2, 0.25) is 0 Å². The van der Waals surface area contributed by atoms with Crippen molar-refractivity contribution in [1.29, 1.82) is 0 Å². The Hall–Kier alpha value is -0.570. The minimum atomic E-state index is -0.407. The van der Waals surface area contributed by atoms with Crippen LogP contribution in [0.1, 0.15) is 232 Å². The second-order valence-corrected chi connectivity index (χ2v) is 13.2. The zero-order valence-corrected chi connectivity index (χ0v) is 28.5. The summed E-state index contributed by atoms with van der Waals surface area (Å²) in [5.41, 5.74) is 6.05. The maximum Gasteiger partial charge on any atom is 0.307 e. The van der Waals surface area contributed by atoms with Crippen molar-refractivity contribution in [2.24, 2.45) is 5.73 Å². The first-order chi connectivity index (χ1) is 20.2. The van der Waals surface area contributed by atoms with Crippen molar-refractivity contribution in [3.8, 4) is 0 Å². The van der Waals surface area contributed by atoms with E-state index in [9.17, 15) is 4.79 Å². The smallest absolute Gasteiger partial charge is 0.307 e. The van der Waals surface area contributed by atoms with Crippen molar-refractivity contribution >= 4 is 5.97 Å². The normalized spacial score (nSPS) is 12.2. The number of ether oxygens (including phenoxy) is 1. The second-order valence-electron chi connectivity index (χ2n) is 13.2. The third-order valence-corrected chi connectivity index (χ3v) is 8.86. The molecule has 1 unspecified atom stereocenters. The third-order valence-electron chi connectivity index (χ3n) is 8.86. The van der Waals surface area contributed by atoms with Crippen molar-refractivity contribution in [1.82, 2.24) is 0 Å². The molecule has 41 heavy (non-hydrogen) atoms. The average molecular weight is 580 g/mol. The van der Waals surface area contributed by atoms with E-state index in [0.29, 0.717) is 6.42 Å². The predicted molar refractivity (Wildman–Crippen MR) is 182 cm³/mol. The lowest BCUT2D eigenvalue weighted by Gasteiger charge is -2.13. The molecule has 0 spiro atoms. The van der Waals surface area contributed by atoms with Crippen LogP contribution in [0, 0.1) is 0 Å². The fourth-order valence-electron chi connectivity index (χ4n) is 6.00. The molecule has 0 rings (SSSR count). The minimum absolute atomic E-state index is 0.0978. The number of nitrogens with two attached hydrogens (primary N) is 1. The number of hydrogen-bond acceptors (Lipinski definition) is 3. The Kier molecular flexibility index (Phi) is 35.1. The topological polar surface area (TPSA) is 52.3 Å². The summed E-state index contributed by atoms with van der Waals surface area (Å²) in [5, 5.41) is 0. The highest BCUT2D eigenvalue weighted by molar-refractivity contribution is 5.69. The van der Waals surface area contributed by atoms with Gasteiger partial charge in [-0.25, -0.2) is 0 Å². The number of hydrogen-bond donors (Lipinski definition) is 1. The van der Waals surface area contributed by atoms with Gasteiger partial charge >= 0.3 is 5.97 Å². The predicted octanol–water partition coefficient (Wildman–Crippen LogP) is 13.1. The molecule has 2 N–H and O–H groups in total. The molecule has 0 heterocycles. The van der Waals surface area contributed by atoms with Crippen LogP contribution in [0.5, 0.6) is 0 Å². The molecule has 0 saturated carbocycles. The molecule has 3 nitrogen and oxygen atoms in total. The summed E-state index contributed by atoms with van der Waals surface area (Å²) in [6, 6.07) is 0. The molecular formula is C38H77NO2. The Labute approximate surface area is 259 Å². The Morgan fingerprint density at radius 2 is 0.659 bits per heavy atom. The van der Waals surface area contributed by atoms with Crippen molar-refractivity contribution in [3.63, 3.8) is 0 Å². The monoisotopic (exact) mass is 580 g/mol. The second kappa shape index (κ2) is 35.6. The standard InChI is InChI=1S/C38H77NO2/c1-3-5-7-9-11-13-15-17-19-20-22-24-26-28-30-32-34-36-38(40)41-37(39)35-33-31-29-27-25-23-21-18-16-14-12-10-8-6-4-2/h37H,3-36,39H2,1-2H3. The number of rotatable bonds is 35. The molecule has 0 fully saturated rings. The number of carbonyl (C=O) groups is 1. The van der Waals surface area contributed by atoms with Crippen molar-refractivity contribution < 1.29 is 9.53 Å². The fraction of sp³-hybridized carbons (Fsp3) is 0.974. The maximum atomic E-state index is 12.1. The zero-order chi connectivity index (χ0) is 29.9. The van der Waals surface area contributed by atoms with E-state index in [1.165, 1.54) is 186 Å². The van der Waals surface area contributed by atoms with Crippen LogP contribution < -0.4 is 5.73 Å². The van der Waals surface area contributed by atoms with Gasteiger partial charge in [0.05, 0.1) is 0 Å². The van der Waals surface area contributed by atoms with E-state index < -0.39 is 6.23 Å². The summed E-state index contributed by atoms with van der Waals surface area (Å²) in [6.07, 6.45) is 44.5. The summed E-state index contributed by atoms with van der Waals surface area (Å²) >= 11 is 0. The minimum Gasteiger partial charge on any atom is -0.447 e. The van der Waals surface area contributed by atoms with Crippen LogP contribution >= 0.6 is 0 Å². The molecule has 0 radical (unpaired) electrons. The molecule has 3 heteroatoms. The Bertz CT molecular complexity index is 495. The third kappa shape index (κ3) is 35.5.